The summed E-state index contributed by atoms with van der Waals surface area (Å²) in [6.07, 6.45) is 3.57. The van der Waals surface area contributed by atoms with Crippen molar-refractivity contribution in [2.24, 2.45) is 5.92 Å². The molecular weight excluding hydrogens is 280 g/mol. The zero-order chi connectivity index (χ0) is 15.4. The van der Waals surface area contributed by atoms with Gasteiger partial charge in [0, 0.05) is 11.9 Å². The number of fused-ring (bicyclic) bond motifs is 1. The third-order valence-corrected chi connectivity index (χ3v) is 4.04. The van der Waals surface area contributed by atoms with E-state index in [0.717, 1.165) is 25.9 Å². The van der Waals surface area contributed by atoms with Crippen LogP contribution < -0.4 is 16.1 Å². The van der Waals surface area contributed by atoms with Crippen LogP contribution in [0.5, 0.6) is 0 Å². The monoisotopic (exact) mass is 300 g/mol. The molecule has 116 valence electrons. The number of para-hydroxylation sites is 1. The number of carbonyl (C=O) groups excluding carboxylic acids is 1. The van der Waals surface area contributed by atoms with E-state index in [1.807, 2.05) is 18.2 Å². The van der Waals surface area contributed by atoms with Crippen molar-refractivity contribution in [1.29, 1.82) is 0 Å². The van der Waals surface area contributed by atoms with E-state index in [1.165, 1.54) is 6.20 Å². The van der Waals surface area contributed by atoms with Gasteiger partial charge in [-0.05, 0) is 44.0 Å². The Balaban J connectivity index is 1.66. The van der Waals surface area contributed by atoms with Crippen LogP contribution in [0.4, 0.5) is 0 Å². The second-order valence-corrected chi connectivity index (χ2v) is 5.70. The van der Waals surface area contributed by atoms with Crippen LogP contribution in [0, 0.1) is 5.92 Å². The van der Waals surface area contributed by atoms with Gasteiger partial charge in [0.2, 0.25) is 11.3 Å². The summed E-state index contributed by atoms with van der Waals surface area (Å²) in [5.74, 6) is 0.420. The molecule has 6 heteroatoms. The Kier molecular flexibility index (Phi) is 4.48. The molecule has 1 fully saturated rings. The molecule has 1 saturated heterocycles. The van der Waals surface area contributed by atoms with Crippen molar-refractivity contribution in [3.05, 3.63) is 40.7 Å². The van der Waals surface area contributed by atoms with E-state index in [2.05, 4.69) is 15.7 Å². The lowest BCUT2D eigenvalue weighted by Gasteiger charge is -2.22. The van der Waals surface area contributed by atoms with E-state index in [1.54, 1.807) is 10.7 Å². The molecule has 6 nitrogen and oxygen atoms in total. The topological polar surface area (TPSA) is 76.0 Å². The maximum absolute atomic E-state index is 12.1. The average Bonchev–Trinajstić information content (AvgIpc) is 2.57. The van der Waals surface area contributed by atoms with E-state index >= 15 is 0 Å². The Morgan fingerprint density at radius 1 is 1.41 bits per heavy atom. The molecule has 1 atom stereocenters. The summed E-state index contributed by atoms with van der Waals surface area (Å²) in [7, 11) is 0. The molecule has 0 spiro atoms. The van der Waals surface area contributed by atoms with Crippen LogP contribution >= 0.6 is 0 Å². The summed E-state index contributed by atoms with van der Waals surface area (Å²) in [6.45, 7) is 2.84. The standard InChI is InChI=1S/C16H20N4O2/c21-15-10-19-20(14-6-2-1-5-13(14)15)11-16(22)18-9-12-4-3-7-17-8-12/h1-2,5-6,10,12,17H,3-4,7-9,11H2,(H,18,22). The lowest BCUT2D eigenvalue weighted by molar-refractivity contribution is -0.122. The number of nitrogens with one attached hydrogen (secondary N) is 2. The predicted octanol–water partition coefficient (Wildman–Crippen LogP) is 0.512. The maximum Gasteiger partial charge on any atom is 0.241 e. The van der Waals surface area contributed by atoms with Crippen LogP contribution in [-0.2, 0) is 11.3 Å². The molecule has 1 aromatic carbocycles. The Morgan fingerprint density at radius 3 is 3.09 bits per heavy atom. The minimum atomic E-state index is -0.125. The molecule has 0 bridgehead atoms. The summed E-state index contributed by atoms with van der Waals surface area (Å²) >= 11 is 0. The Bertz CT molecular complexity index is 719. The van der Waals surface area contributed by atoms with Gasteiger partial charge in [0.15, 0.2) is 0 Å². The predicted molar refractivity (Wildman–Crippen MR) is 84.6 cm³/mol. The average molecular weight is 300 g/mol. The minimum Gasteiger partial charge on any atom is -0.354 e. The van der Waals surface area contributed by atoms with Gasteiger partial charge in [-0.25, -0.2) is 0 Å². The first kappa shape index (κ1) is 14.7. The van der Waals surface area contributed by atoms with Crippen molar-refractivity contribution in [3.8, 4) is 0 Å². The second kappa shape index (κ2) is 6.70. The molecule has 2 heterocycles. The van der Waals surface area contributed by atoms with Gasteiger partial charge in [-0.2, -0.15) is 5.10 Å². The molecule has 3 rings (SSSR count). The Labute approximate surface area is 128 Å². The van der Waals surface area contributed by atoms with E-state index < -0.39 is 0 Å². The quantitative estimate of drug-likeness (QED) is 0.863. The first-order valence-corrected chi connectivity index (χ1v) is 7.66. The minimum absolute atomic E-state index is 0.0770. The zero-order valence-corrected chi connectivity index (χ0v) is 12.4. The SMILES string of the molecule is O=C(Cn1ncc(=O)c2ccccc21)NCC1CCCNC1. The smallest absolute Gasteiger partial charge is 0.241 e. The van der Waals surface area contributed by atoms with Crippen LogP contribution in [0.25, 0.3) is 10.9 Å². The van der Waals surface area contributed by atoms with E-state index in [4.69, 9.17) is 0 Å². The number of hydrogen-bond donors (Lipinski definition) is 2. The van der Waals surface area contributed by atoms with Crippen molar-refractivity contribution < 1.29 is 4.79 Å². The Morgan fingerprint density at radius 2 is 2.27 bits per heavy atom. The van der Waals surface area contributed by atoms with Crippen LogP contribution in [0.15, 0.2) is 35.3 Å². The summed E-state index contributed by atoms with van der Waals surface area (Å²) in [4.78, 5) is 23.9. The van der Waals surface area contributed by atoms with E-state index in [9.17, 15) is 9.59 Å². The van der Waals surface area contributed by atoms with Crippen molar-refractivity contribution in [3.63, 3.8) is 0 Å². The van der Waals surface area contributed by atoms with Gasteiger partial charge in [-0.1, -0.05) is 12.1 Å². The maximum atomic E-state index is 12.1. The van der Waals surface area contributed by atoms with Crippen LogP contribution in [0.3, 0.4) is 0 Å². The first-order valence-electron chi connectivity index (χ1n) is 7.66. The van der Waals surface area contributed by atoms with E-state index in [-0.39, 0.29) is 17.9 Å². The first-order chi connectivity index (χ1) is 10.7. The molecule has 0 radical (unpaired) electrons. The van der Waals surface area contributed by atoms with Crippen LogP contribution in [-0.4, -0.2) is 35.3 Å². The van der Waals surface area contributed by atoms with Crippen LogP contribution in [0.1, 0.15) is 12.8 Å². The molecule has 1 aromatic heterocycles. The Hall–Kier alpha value is -2.21. The van der Waals surface area contributed by atoms with Crippen molar-refractivity contribution in [2.45, 2.75) is 19.4 Å². The lowest BCUT2D eigenvalue weighted by Crippen LogP contribution is -2.39. The highest BCUT2D eigenvalue weighted by atomic mass is 16.2. The number of hydrogen-bond acceptors (Lipinski definition) is 4. The van der Waals surface area contributed by atoms with Gasteiger partial charge in [0.25, 0.3) is 0 Å². The van der Waals surface area contributed by atoms with Gasteiger partial charge in [-0.3, -0.25) is 14.3 Å². The second-order valence-electron chi connectivity index (χ2n) is 5.70. The highest BCUT2D eigenvalue weighted by Crippen LogP contribution is 2.09. The van der Waals surface area contributed by atoms with Crippen LogP contribution in [0.2, 0.25) is 0 Å². The summed E-state index contributed by atoms with van der Waals surface area (Å²) in [5, 5.41) is 11.0. The lowest BCUT2D eigenvalue weighted by atomic mass is 10.00. The molecular formula is C16H20N4O2. The molecule has 22 heavy (non-hydrogen) atoms. The molecule has 1 unspecified atom stereocenters. The fourth-order valence-corrected chi connectivity index (χ4v) is 2.84. The molecule has 1 aliphatic rings. The number of carbonyl (C=O) groups is 1. The van der Waals surface area contributed by atoms with Gasteiger partial charge in [0.1, 0.15) is 6.54 Å². The summed E-state index contributed by atoms with van der Waals surface area (Å²) in [6, 6.07) is 7.21. The van der Waals surface area contributed by atoms with Gasteiger partial charge < -0.3 is 10.6 Å². The van der Waals surface area contributed by atoms with Crippen molar-refractivity contribution >= 4 is 16.8 Å². The van der Waals surface area contributed by atoms with Gasteiger partial charge in [0.05, 0.1) is 11.7 Å². The third-order valence-electron chi connectivity index (χ3n) is 4.04. The van der Waals surface area contributed by atoms with E-state index in [0.29, 0.717) is 23.4 Å². The highest BCUT2D eigenvalue weighted by molar-refractivity contribution is 5.81. The number of amides is 1. The number of rotatable bonds is 4. The van der Waals surface area contributed by atoms with Crippen molar-refractivity contribution in [2.75, 3.05) is 19.6 Å². The molecule has 0 saturated carbocycles. The zero-order valence-electron chi connectivity index (χ0n) is 12.4. The normalized spacial score (nSPS) is 18.3. The summed E-state index contributed by atoms with van der Waals surface area (Å²) < 4.78 is 1.57. The largest absolute Gasteiger partial charge is 0.354 e. The fraction of sp³-hybridized carbons (Fsp3) is 0.438. The fourth-order valence-electron chi connectivity index (χ4n) is 2.84. The molecule has 0 aliphatic carbocycles. The number of aromatic nitrogens is 2. The molecule has 1 amide bonds. The highest BCUT2D eigenvalue weighted by Gasteiger charge is 2.14. The molecule has 2 N–H and O–H groups in total. The number of piperidine rings is 1. The number of nitrogens with zero attached hydrogens (tertiary/aromatic N) is 2. The molecule has 2 aromatic rings. The van der Waals surface area contributed by atoms with Gasteiger partial charge >= 0.3 is 0 Å². The van der Waals surface area contributed by atoms with Gasteiger partial charge in [-0.15, -0.1) is 0 Å². The van der Waals surface area contributed by atoms with Crippen molar-refractivity contribution in [1.82, 2.24) is 20.4 Å². The number of benzene rings is 1. The third kappa shape index (κ3) is 3.33. The molecule has 1 aliphatic heterocycles. The summed E-state index contributed by atoms with van der Waals surface area (Å²) in [5.41, 5.74) is 0.560.